The van der Waals surface area contributed by atoms with Gasteiger partial charge in [-0.05, 0) is 13.3 Å². The van der Waals surface area contributed by atoms with E-state index in [-0.39, 0.29) is 24.0 Å². The molecule has 0 spiro atoms. The third kappa shape index (κ3) is 2.50. The molecule has 92 valence electrons. The Morgan fingerprint density at radius 2 is 2.31 bits per heavy atom. The summed E-state index contributed by atoms with van der Waals surface area (Å²) in [5.74, 6) is 0.631. The molecular weight excluding hydrogens is 230 g/mol. The minimum atomic E-state index is 0.0128. The molecular formula is C11H18ClNO3. The molecule has 5 heteroatoms. The van der Waals surface area contributed by atoms with E-state index in [0.717, 1.165) is 6.42 Å². The molecule has 16 heavy (non-hydrogen) atoms. The van der Waals surface area contributed by atoms with Crippen molar-refractivity contribution in [3.05, 3.63) is 0 Å². The fourth-order valence-electron chi connectivity index (χ4n) is 2.30. The van der Waals surface area contributed by atoms with E-state index in [2.05, 4.69) is 0 Å². The van der Waals surface area contributed by atoms with Crippen LogP contribution >= 0.6 is 11.6 Å². The summed E-state index contributed by atoms with van der Waals surface area (Å²) in [6.45, 7) is 4.37. The third-order valence-electron chi connectivity index (χ3n) is 3.24. The van der Waals surface area contributed by atoms with Crippen LogP contribution in [0.15, 0.2) is 0 Å². The first-order valence-corrected chi connectivity index (χ1v) is 6.31. The summed E-state index contributed by atoms with van der Waals surface area (Å²) in [4.78, 5) is 14.1. The zero-order chi connectivity index (χ0) is 11.5. The second-order valence-corrected chi connectivity index (χ2v) is 4.80. The van der Waals surface area contributed by atoms with E-state index >= 15 is 0 Å². The smallest absolute Gasteiger partial charge is 0.228 e. The Morgan fingerprint density at radius 1 is 1.50 bits per heavy atom. The van der Waals surface area contributed by atoms with Gasteiger partial charge in [-0.1, -0.05) is 0 Å². The lowest BCUT2D eigenvalue weighted by Gasteiger charge is -2.35. The molecule has 3 atom stereocenters. The molecule has 2 fully saturated rings. The van der Waals surface area contributed by atoms with Gasteiger partial charge in [-0.15, -0.1) is 11.6 Å². The van der Waals surface area contributed by atoms with Crippen LogP contribution in [0.1, 0.15) is 13.3 Å². The number of rotatable bonds is 2. The summed E-state index contributed by atoms with van der Waals surface area (Å²) in [6.07, 6.45) is 1.02. The topological polar surface area (TPSA) is 38.8 Å². The van der Waals surface area contributed by atoms with Crippen molar-refractivity contribution >= 4 is 17.5 Å². The number of amides is 1. The van der Waals surface area contributed by atoms with Gasteiger partial charge in [0.1, 0.15) is 0 Å². The van der Waals surface area contributed by atoms with Crippen LogP contribution in [-0.2, 0) is 14.3 Å². The number of hydrogen-bond donors (Lipinski definition) is 0. The summed E-state index contributed by atoms with van der Waals surface area (Å²) in [5.41, 5.74) is 0. The number of morpholine rings is 1. The van der Waals surface area contributed by atoms with Crippen LogP contribution in [0.2, 0.25) is 0 Å². The highest BCUT2D eigenvalue weighted by atomic mass is 35.5. The van der Waals surface area contributed by atoms with E-state index < -0.39 is 0 Å². The zero-order valence-corrected chi connectivity index (χ0v) is 10.3. The van der Waals surface area contributed by atoms with E-state index in [1.165, 1.54) is 0 Å². The van der Waals surface area contributed by atoms with Gasteiger partial charge in [-0.3, -0.25) is 4.79 Å². The maximum Gasteiger partial charge on any atom is 0.228 e. The van der Waals surface area contributed by atoms with Crippen molar-refractivity contribution in [1.29, 1.82) is 0 Å². The molecule has 0 radical (unpaired) electrons. The van der Waals surface area contributed by atoms with Gasteiger partial charge in [0, 0.05) is 12.4 Å². The van der Waals surface area contributed by atoms with Crippen LogP contribution in [0.3, 0.4) is 0 Å². The molecule has 3 unspecified atom stereocenters. The molecule has 2 heterocycles. The Labute approximate surface area is 101 Å². The number of hydrogen-bond acceptors (Lipinski definition) is 3. The maximum absolute atomic E-state index is 12.2. The molecule has 1 amide bonds. The molecule has 0 N–H and O–H groups in total. The molecule has 0 aromatic rings. The average molecular weight is 248 g/mol. The number of carbonyl (C=O) groups excluding carboxylic acids is 1. The number of carbonyl (C=O) groups is 1. The van der Waals surface area contributed by atoms with Crippen molar-refractivity contribution in [2.75, 3.05) is 32.2 Å². The van der Waals surface area contributed by atoms with Crippen molar-refractivity contribution < 1.29 is 14.3 Å². The highest BCUT2D eigenvalue weighted by molar-refractivity contribution is 6.18. The number of halogens is 1. The highest BCUT2D eigenvalue weighted by Crippen LogP contribution is 2.23. The molecule has 4 nitrogen and oxygen atoms in total. The van der Waals surface area contributed by atoms with E-state index in [1.54, 1.807) is 0 Å². The minimum Gasteiger partial charge on any atom is -0.378 e. The van der Waals surface area contributed by atoms with Crippen LogP contribution < -0.4 is 0 Å². The Kier molecular flexibility index (Phi) is 4.05. The first-order chi connectivity index (χ1) is 7.72. The Morgan fingerprint density at radius 3 is 2.94 bits per heavy atom. The largest absolute Gasteiger partial charge is 0.378 e. The van der Waals surface area contributed by atoms with Crippen LogP contribution in [0.5, 0.6) is 0 Å². The summed E-state index contributed by atoms with van der Waals surface area (Å²) in [7, 11) is 0. The monoisotopic (exact) mass is 247 g/mol. The first-order valence-electron chi connectivity index (χ1n) is 5.78. The summed E-state index contributed by atoms with van der Waals surface area (Å²) >= 11 is 5.85. The molecule has 0 aromatic carbocycles. The fraction of sp³-hybridized carbons (Fsp3) is 0.909. The zero-order valence-electron chi connectivity index (χ0n) is 9.52. The normalized spacial score (nSPS) is 35.4. The lowest BCUT2D eigenvalue weighted by atomic mass is 10.0. The minimum absolute atomic E-state index is 0.0128. The Hall–Kier alpha value is -0.320. The Bertz CT molecular complexity index is 262. The molecule has 2 aliphatic heterocycles. The van der Waals surface area contributed by atoms with Crippen molar-refractivity contribution in [2.24, 2.45) is 5.92 Å². The van der Waals surface area contributed by atoms with E-state index in [4.69, 9.17) is 21.1 Å². The van der Waals surface area contributed by atoms with E-state index in [1.807, 2.05) is 11.8 Å². The van der Waals surface area contributed by atoms with Crippen LogP contribution in [0, 0.1) is 5.92 Å². The van der Waals surface area contributed by atoms with E-state index in [0.29, 0.717) is 32.2 Å². The molecule has 0 bridgehead atoms. The second kappa shape index (κ2) is 5.34. The second-order valence-electron chi connectivity index (χ2n) is 4.49. The summed E-state index contributed by atoms with van der Waals surface area (Å²) in [5, 5.41) is 0. The van der Waals surface area contributed by atoms with E-state index in [9.17, 15) is 4.79 Å². The highest BCUT2D eigenvalue weighted by Gasteiger charge is 2.35. The van der Waals surface area contributed by atoms with Gasteiger partial charge in [0.05, 0.1) is 37.9 Å². The third-order valence-corrected chi connectivity index (χ3v) is 3.59. The number of nitrogens with zero attached hydrogens (tertiary/aromatic N) is 1. The lowest BCUT2D eigenvalue weighted by molar-refractivity contribution is -0.143. The van der Waals surface area contributed by atoms with Gasteiger partial charge in [0.2, 0.25) is 5.91 Å². The summed E-state index contributed by atoms with van der Waals surface area (Å²) in [6, 6.07) is 0.0267. The molecule has 2 aliphatic rings. The van der Waals surface area contributed by atoms with Gasteiger partial charge in [0.15, 0.2) is 0 Å². The quantitative estimate of drug-likeness (QED) is 0.680. The number of alkyl halides is 1. The molecule has 2 rings (SSSR count). The van der Waals surface area contributed by atoms with Crippen molar-refractivity contribution in [3.8, 4) is 0 Å². The molecule has 0 saturated carbocycles. The van der Waals surface area contributed by atoms with Gasteiger partial charge in [-0.25, -0.2) is 0 Å². The maximum atomic E-state index is 12.2. The van der Waals surface area contributed by atoms with Gasteiger partial charge >= 0.3 is 0 Å². The first kappa shape index (κ1) is 12.1. The summed E-state index contributed by atoms with van der Waals surface area (Å²) < 4.78 is 10.8. The van der Waals surface area contributed by atoms with Crippen molar-refractivity contribution in [1.82, 2.24) is 4.90 Å². The van der Waals surface area contributed by atoms with Gasteiger partial charge in [-0.2, -0.15) is 0 Å². The van der Waals surface area contributed by atoms with Crippen LogP contribution in [-0.4, -0.2) is 55.2 Å². The van der Waals surface area contributed by atoms with Gasteiger partial charge < -0.3 is 14.4 Å². The Balaban J connectivity index is 1.96. The molecule has 2 saturated heterocycles. The molecule has 0 aliphatic carbocycles. The van der Waals surface area contributed by atoms with Crippen molar-refractivity contribution in [3.63, 3.8) is 0 Å². The standard InChI is InChI=1S/C11H18ClNO3/c1-8-4-9(6-16-8)11(14)13-2-3-15-7-10(13)5-12/h8-10H,2-7H2,1H3. The van der Waals surface area contributed by atoms with Crippen LogP contribution in [0.25, 0.3) is 0 Å². The predicted molar refractivity (Wildman–Crippen MR) is 60.6 cm³/mol. The average Bonchev–Trinajstić information content (AvgIpc) is 2.75. The molecule has 0 aromatic heterocycles. The fourth-order valence-corrected chi connectivity index (χ4v) is 2.55. The van der Waals surface area contributed by atoms with Crippen molar-refractivity contribution in [2.45, 2.75) is 25.5 Å². The SMILES string of the molecule is CC1CC(C(=O)N2CCOCC2CCl)CO1. The van der Waals surface area contributed by atoms with Gasteiger partial charge in [0.25, 0.3) is 0 Å². The number of ether oxygens (including phenoxy) is 2. The lowest BCUT2D eigenvalue weighted by Crippen LogP contribution is -2.51. The predicted octanol–water partition coefficient (Wildman–Crippen LogP) is 0.878. The van der Waals surface area contributed by atoms with Crippen LogP contribution in [0.4, 0.5) is 0 Å².